The van der Waals surface area contributed by atoms with Crippen molar-refractivity contribution in [1.82, 2.24) is 25.1 Å². The van der Waals surface area contributed by atoms with Crippen molar-refractivity contribution in [2.75, 3.05) is 44.9 Å². The highest BCUT2D eigenvalue weighted by Gasteiger charge is 2.26. The molecule has 1 aliphatic carbocycles. The van der Waals surface area contributed by atoms with E-state index in [9.17, 15) is 14.0 Å². The van der Waals surface area contributed by atoms with E-state index in [1.807, 2.05) is 25.9 Å². The summed E-state index contributed by atoms with van der Waals surface area (Å²) in [6.45, 7) is 5.02. The van der Waals surface area contributed by atoms with Gasteiger partial charge in [0.2, 0.25) is 17.8 Å². The van der Waals surface area contributed by atoms with Crippen LogP contribution in [0.1, 0.15) is 45.1 Å². The van der Waals surface area contributed by atoms with Gasteiger partial charge < -0.3 is 25.8 Å². The molecule has 1 aromatic carbocycles. The van der Waals surface area contributed by atoms with Crippen LogP contribution >= 0.6 is 0 Å². The van der Waals surface area contributed by atoms with Crippen molar-refractivity contribution in [2.45, 2.75) is 51.6 Å². The average Bonchev–Trinajstić information content (AvgIpc) is 2.92. The van der Waals surface area contributed by atoms with Gasteiger partial charge in [-0.05, 0) is 65.4 Å². The Morgan fingerprint density at radius 1 is 1.25 bits per heavy atom. The zero-order chi connectivity index (χ0) is 29.1. The van der Waals surface area contributed by atoms with E-state index in [2.05, 4.69) is 37.8 Å². The maximum atomic E-state index is 13.5. The summed E-state index contributed by atoms with van der Waals surface area (Å²) in [5.74, 6) is 6.92. The minimum atomic E-state index is -0.581. The summed E-state index contributed by atoms with van der Waals surface area (Å²) >= 11 is 0. The number of amides is 2. The predicted molar refractivity (Wildman–Crippen MR) is 157 cm³/mol. The molecule has 0 spiro atoms. The van der Waals surface area contributed by atoms with Gasteiger partial charge in [0, 0.05) is 43.9 Å². The molecule has 214 valence electrons. The van der Waals surface area contributed by atoms with Crippen LogP contribution in [0.4, 0.5) is 21.8 Å². The van der Waals surface area contributed by atoms with Crippen LogP contribution in [-0.2, 0) is 9.59 Å². The lowest BCUT2D eigenvalue weighted by Gasteiger charge is -2.30. The molecule has 1 aromatic heterocycles. The fraction of sp³-hybridized carbons (Fsp3) is 0.467. The van der Waals surface area contributed by atoms with Crippen molar-refractivity contribution >= 4 is 29.3 Å². The highest BCUT2D eigenvalue weighted by Crippen LogP contribution is 2.25. The lowest BCUT2D eigenvalue weighted by molar-refractivity contribution is -0.135. The van der Waals surface area contributed by atoms with E-state index in [1.165, 1.54) is 23.1 Å². The molecule has 2 amide bonds. The molecule has 3 rings (SSSR count). The molecule has 9 nitrogen and oxygen atoms in total. The maximum Gasteiger partial charge on any atom is 0.246 e. The molecule has 3 N–H and O–H groups in total. The number of hydrogen-bond acceptors (Lipinski definition) is 7. The number of aromatic nitrogens is 2. The number of nitrogens with one attached hydrogen (secondary N) is 3. The van der Waals surface area contributed by atoms with Crippen LogP contribution in [0.3, 0.4) is 0 Å². The minimum Gasteiger partial charge on any atom is -0.369 e. The molecule has 1 fully saturated rings. The second-order valence-electron chi connectivity index (χ2n) is 10.2. The van der Waals surface area contributed by atoms with Crippen molar-refractivity contribution in [2.24, 2.45) is 5.92 Å². The van der Waals surface area contributed by atoms with E-state index in [-0.39, 0.29) is 29.6 Å². The fourth-order valence-electron chi connectivity index (χ4n) is 4.33. The molecule has 0 saturated heterocycles. The van der Waals surface area contributed by atoms with Crippen LogP contribution in [0.15, 0.2) is 42.6 Å². The Morgan fingerprint density at radius 3 is 2.77 bits per heavy atom. The molecule has 10 heteroatoms. The number of carbonyl (C=O) groups excluding carboxylic acids is 2. The topological polar surface area (TPSA) is 102 Å². The van der Waals surface area contributed by atoms with Gasteiger partial charge in [0.15, 0.2) is 0 Å². The third-order valence-electron chi connectivity index (χ3n) is 6.68. The lowest BCUT2D eigenvalue weighted by Crippen LogP contribution is -2.49. The van der Waals surface area contributed by atoms with Gasteiger partial charge in [0.1, 0.15) is 17.7 Å². The number of rotatable bonds is 10. The second kappa shape index (κ2) is 15.0. The van der Waals surface area contributed by atoms with Crippen LogP contribution in [0.5, 0.6) is 0 Å². The first kappa shape index (κ1) is 30.6. The molecule has 1 heterocycles. The standard InChI is InChI=1S/C30H40FN7O2/c1-6-32-28-23(20-33-30(36-28)35-26-13-8-11-24(31)19-26)16-15-22-10-7-12-25(18-22)34-29(40)21(2)38(5)27(39)14-9-17-37(3)4/h8-9,11,13-14,19-22,25H,6-7,10,12,17-18H2,1-5H3,(H,34,40)(H2,32,33,35,36)/t21-,22-,25-/m0/s1. The molecule has 40 heavy (non-hydrogen) atoms. The third kappa shape index (κ3) is 9.35. The lowest BCUT2D eigenvalue weighted by atomic mass is 9.86. The zero-order valence-corrected chi connectivity index (χ0v) is 24.0. The van der Waals surface area contributed by atoms with E-state index >= 15 is 0 Å². The maximum absolute atomic E-state index is 13.5. The van der Waals surface area contributed by atoms with E-state index in [0.29, 0.717) is 36.1 Å². The van der Waals surface area contributed by atoms with Gasteiger partial charge >= 0.3 is 0 Å². The van der Waals surface area contributed by atoms with Gasteiger partial charge in [-0.25, -0.2) is 9.37 Å². The van der Waals surface area contributed by atoms with E-state index in [1.54, 1.807) is 38.4 Å². The number of benzene rings is 1. The second-order valence-corrected chi connectivity index (χ2v) is 10.2. The summed E-state index contributed by atoms with van der Waals surface area (Å²) < 4.78 is 13.5. The number of hydrogen-bond donors (Lipinski definition) is 3. The van der Waals surface area contributed by atoms with Crippen molar-refractivity contribution in [3.8, 4) is 11.8 Å². The summed E-state index contributed by atoms with van der Waals surface area (Å²) in [6, 6.07) is 5.53. The van der Waals surface area contributed by atoms with Crippen molar-refractivity contribution in [3.05, 3.63) is 54.0 Å². The summed E-state index contributed by atoms with van der Waals surface area (Å²) in [6.07, 6.45) is 8.46. The number of carbonyl (C=O) groups is 2. The number of halogens is 1. The van der Waals surface area contributed by atoms with E-state index in [0.717, 1.165) is 25.7 Å². The smallest absolute Gasteiger partial charge is 0.246 e. The van der Waals surface area contributed by atoms with Gasteiger partial charge in [0.25, 0.3) is 0 Å². The van der Waals surface area contributed by atoms with Gasteiger partial charge in [-0.15, -0.1) is 0 Å². The number of anilines is 3. The normalized spacial score (nSPS) is 17.6. The van der Waals surface area contributed by atoms with Crippen LogP contribution in [-0.4, -0.2) is 77.9 Å². The molecular weight excluding hydrogens is 509 g/mol. The average molecular weight is 550 g/mol. The van der Waals surface area contributed by atoms with Gasteiger partial charge in [-0.2, -0.15) is 4.98 Å². The van der Waals surface area contributed by atoms with Crippen molar-refractivity contribution in [1.29, 1.82) is 0 Å². The minimum absolute atomic E-state index is 0.00174. The van der Waals surface area contributed by atoms with Gasteiger partial charge in [0.05, 0.1) is 11.8 Å². The Balaban J connectivity index is 1.61. The Bertz CT molecular complexity index is 1250. The Labute approximate surface area is 236 Å². The first-order valence-electron chi connectivity index (χ1n) is 13.7. The summed E-state index contributed by atoms with van der Waals surface area (Å²) in [4.78, 5) is 37.6. The SMILES string of the molecule is CCNc1nc(Nc2cccc(F)c2)ncc1C#C[C@@H]1CCC[C@H](NC(=O)[C@H](C)N(C)C(=O)C=CCN(C)C)C1. The Morgan fingerprint density at radius 2 is 2.05 bits per heavy atom. The highest BCUT2D eigenvalue weighted by atomic mass is 19.1. The molecule has 1 saturated carbocycles. The number of nitrogens with zero attached hydrogens (tertiary/aromatic N) is 4. The predicted octanol–water partition coefficient (Wildman–Crippen LogP) is 3.78. The van der Waals surface area contributed by atoms with Crippen molar-refractivity contribution < 1.29 is 14.0 Å². The molecule has 3 atom stereocenters. The van der Waals surface area contributed by atoms with E-state index in [4.69, 9.17) is 0 Å². The van der Waals surface area contributed by atoms with Crippen LogP contribution in [0.25, 0.3) is 0 Å². The Kier molecular flexibility index (Phi) is 11.5. The molecule has 0 unspecified atom stereocenters. The quantitative estimate of drug-likeness (QED) is 0.306. The summed E-state index contributed by atoms with van der Waals surface area (Å²) in [5.41, 5.74) is 1.23. The highest BCUT2D eigenvalue weighted by molar-refractivity contribution is 5.92. The van der Waals surface area contributed by atoms with Crippen LogP contribution < -0.4 is 16.0 Å². The van der Waals surface area contributed by atoms with Crippen molar-refractivity contribution in [3.63, 3.8) is 0 Å². The number of likely N-dealkylation sites (N-methyl/N-ethyl adjacent to an activating group) is 2. The molecule has 1 aliphatic rings. The van der Waals surface area contributed by atoms with Gasteiger partial charge in [-0.1, -0.05) is 30.4 Å². The van der Waals surface area contributed by atoms with Gasteiger partial charge in [-0.3, -0.25) is 9.59 Å². The molecule has 0 aliphatic heterocycles. The van der Waals surface area contributed by atoms with Crippen LogP contribution in [0, 0.1) is 23.6 Å². The fourth-order valence-corrected chi connectivity index (χ4v) is 4.33. The largest absolute Gasteiger partial charge is 0.369 e. The van der Waals surface area contributed by atoms with Crippen LogP contribution in [0.2, 0.25) is 0 Å². The molecular formula is C30H40FN7O2. The first-order chi connectivity index (χ1) is 19.2. The van der Waals surface area contributed by atoms with E-state index < -0.39 is 6.04 Å². The zero-order valence-electron chi connectivity index (χ0n) is 24.0. The summed E-state index contributed by atoms with van der Waals surface area (Å²) in [5, 5.41) is 9.36. The summed E-state index contributed by atoms with van der Waals surface area (Å²) in [7, 11) is 5.50. The first-order valence-corrected chi connectivity index (χ1v) is 13.7. The molecule has 2 aromatic rings. The Hall–Kier alpha value is -3.97. The molecule has 0 radical (unpaired) electrons. The monoisotopic (exact) mass is 549 g/mol. The third-order valence-corrected chi connectivity index (χ3v) is 6.68. The molecule has 0 bridgehead atoms.